The molecule has 0 aromatic heterocycles. The van der Waals surface area contributed by atoms with Crippen molar-refractivity contribution in [2.24, 2.45) is 0 Å². The number of carbonyl (C=O) groups is 1. The van der Waals surface area contributed by atoms with E-state index in [-0.39, 0.29) is 5.97 Å². The van der Waals surface area contributed by atoms with Gasteiger partial charge in [0.15, 0.2) is 0 Å². The minimum atomic E-state index is -0.0768. The van der Waals surface area contributed by atoms with Crippen molar-refractivity contribution in [3.8, 4) is 0 Å². The van der Waals surface area contributed by atoms with Crippen LogP contribution in [0.5, 0.6) is 0 Å². The van der Waals surface area contributed by atoms with Crippen LogP contribution < -0.4 is 0 Å². The molecule has 0 radical (unpaired) electrons. The summed E-state index contributed by atoms with van der Waals surface area (Å²) in [5.41, 5.74) is 2.28. The van der Waals surface area contributed by atoms with E-state index in [1.54, 1.807) is 0 Å². The lowest BCUT2D eigenvalue weighted by Gasteiger charge is -2.05. The van der Waals surface area contributed by atoms with E-state index in [0.29, 0.717) is 13.0 Å². The summed E-state index contributed by atoms with van der Waals surface area (Å²) < 4.78 is 5.24. The van der Waals surface area contributed by atoms with Gasteiger partial charge in [-0.3, -0.25) is 4.79 Å². The van der Waals surface area contributed by atoms with Crippen molar-refractivity contribution in [1.29, 1.82) is 0 Å². The molecule has 18 heavy (non-hydrogen) atoms. The number of benzene rings is 1. The Morgan fingerprint density at radius 3 is 2.39 bits per heavy atom. The van der Waals surface area contributed by atoms with Crippen LogP contribution in [-0.2, 0) is 16.1 Å². The monoisotopic (exact) mass is 248 g/mol. The molecule has 2 heteroatoms. The molecule has 0 aliphatic rings. The molecule has 0 amide bonds. The molecule has 1 rings (SSSR count). The second-order valence-electron chi connectivity index (χ2n) is 4.81. The maximum Gasteiger partial charge on any atom is 0.306 e. The summed E-state index contributed by atoms with van der Waals surface area (Å²) >= 11 is 0. The van der Waals surface area contributed by atoms with Gasteiger partial charge in [-0.05, 0) is 18.9 Å². The predicted octanol–water partition coefficient (Wildman–Crippen LogP) is 4.40. The number of rotatable bonds is 8. The molecule has 0 fully saturated rings. The Balaban J connectivity index is 2.11. The Hall–Kier alpha value is -1.31. The van der Waals surface area contributed by atoms with Crippen molar-refractivity contribution >= 4 is 5.97 Å². The van der Waals surface area contributed by atoms with Gasteiger partial charge in [0.1, 0.15) is 6.61 Å². The van der Waals surface area contributed by atoms with Crippen LogP contribution in [0.4, 0.5) is 0 Å². The Bertz CT molecular complexity index is 341. The van der Waals surface area contributed by atoms with Crippen molar-refractivity contribution in [1.82, 2.24) is 0 Å². The van der Waals surface area contributed by atoms with E-state index in [1.807, 2.05) is 31.2 Å². The van der Waals surface area contributed by atoms with Crippen molar-refractivity contribution in [3.05, 3.63) is 35.4 Å². The molecule has 0 saturated heterocycles. The summed E-state index contributed by atoms with van der Waals surface area (Å²) in [6.07, 6.45) is 6.35. The Morgan fingerprint density at radius 1 is 1.06 bits per heavy atom. The molecule has 0 aliphatic carbocycles. The summed E-state index contributed by atoms with van der Waals surface area (Å²) in [5.74, 6) is -0.0768. The lowest BCUT2D eigenvalue weighted by atomic mass is 10.1. The molecule has 0 atom stereocenters. The topological polar surface area (TPSA) is 26.3 Å². The highest BCUT2D eigenvalue weighted by molar-refractivity contribution is 5.69. The number of ether oxygens (including phenoxy) is 1. The van der Waals surface area contributed by atoms with Gasteiger partial charge in [0.05, 0.1) is 0 Å². The largest absolute Gasteiger partial charge is 0.461 e. The zero-order valence-corrected chi connectivity index (χ0v) is 11.6. The third-order valence-electron chi connectivity index (χ3n) is 3.00. The van der Waals surface area contributed by atoms with Gasteiger partial charge in [-0.1, -0.05) is 62.4 Å². The molecule has 0 saturated carbocycles. The summed E-state index contributed by atoms with van der Waals surface area (Å²) in [6.45, 7) is 4.63. The lowest BCUT2D eigenvalue weighted by molar-refractivity contribution is -0.145. The average Bonchev–Trinajstić information content (AvgIpc) is 2.38. The molecule has 0 unspecified atom stereocenters. The normalized spacial score (nSPS) is 10.3. The third kappa shape index (κ3) is 6.43. The van der Waals surface area contributed by atoms with E-state index in [9.17, 15) is 4.79 Å². The molecule has 0 aliphatic heterocycles. The highest BCUT2D eigenvalue weighted by Crippen LogP contribution is 2.08. The number of hydrogen-bond donors (Lipinski definition) is 0. The van der Waals surface area contributed by atoms with Gasteiger partial charge in [-0.15, -0.1) is 0 Å². The van der Waals surface area contributed by atoms with E-state index < -0.39 is 0 Å². The lowest BCUT2D eigenvalue weighted by Crippen LogP contribution is -2.04. The summed E-state index contributed by atoms with van der Waals surface area (Å²) in [7, 11) is 0. The molecule has 0 heterocycles. The molecular formula is C16H24O2. The Morgan fingerprint density at radius 2 is 1.72 bits per heavy atom. The highest BCUT2D eigenvalue weighted by Gasteiger charge is 2.03. The maximum atomic E-state index is 11.5. The van der Waals surface area contributed by atoms with Crippen molar-refractivity contribution in [3.63, 3.8) is 0 Å². The Labute approximate surface area is 110 Å². The smallest absolute Gasteiger partial charge is 0.306 e. The molecule has 0 bridgehead atoms. The predicted molar refractivity (Wildman–Crippen MR) is 74.4 cm³/mol. The zero-order chi connectivity index (χ0) is 13.2. The molecule has 0 N–H and O–H groups in total. The summed E-state index contributed by atoms with van der Waals surface area (Å²) in [6, 6.07) is 8.08. The fourth-order valence-corrected chi connectivity index (χ4v) is 1.79. The van der Waals surface area contributed by atoms with Gasteiger partial charge in [-0.2, -0.15) is 0 Å². The minimum absolute atomic E-state index is 0.0768. The second-order valence-corrected chi connectivity index (χ2v) is 4.81. The summed E-state index contributed by atoms with van der Waals surface area (Å²) in [4.78, 5) is 11.5. The molecule has 0 spiro atoms. The first-order chi connectivity index (χ1) is 8.72. The van der Waals surface area contributed by atoms with E-state index >= 15 is 0 Å². The summed E-state index contributed by atoms with van der Waals surface area (Å²) in [5, 5.41) is 0. The van der Waals surface area contributed by atoms with Crippen LogP contribution in [0.2, 0.25) is 0 Å². The van der Waals surface area contributed by atoms with Crippen LogP contribution in [0, 0.1) is 6.92 Å². The van der Waals surface area contributed by atoms with Crippen LogP contribution in [0.25, 0.3) is 0 Å². The SMILES string of the molecule is CCCCCCCC(=O)OCc1ccc(C)cc1. The fourth-order valence-electron chi connectivity index (χ4n) is 1.79. The third-order valence-corrected chi connectivity index (χ3v) is 3.00. The molecule has 1 aromatic rings. The number of unbranched alkanes of at least 4 members (excludes halogenated alkanes) is 4. The van der Waals surface area contributed by atoms with Gasteiger partial charge in [-0.25, -0.2) is 0 Å². The van der Waals surface area contributed by atoms with E-state index in [4.69, 9.17) is 4.74 Å². The number of aryl methyl sites for hydroxylation is 1. The van der Waals surface area contributed by atoms with E-state index in [1.165, 1.54) is 24.8 Å². The van der Waals surface area contributed by atoms with Gasteiger partial charge in [0.2, 0.25) is 0 Å². The molecule has 2 nitrogen and oxygen atoms in total. The van der Waals surface area contributed by atoms with Gasteiger partial charge >= 0.3 is 5.97 Å². The quantitative estimate of drug-likeness (QED) is 0.503. The standard InChI is InChI=1S/C16H24O2/c1-3-4-5-6-7-8-16(17)18-13-15-11-9-14(2)10-12-15/h9-12H,3-8,13H2,1-2H3. The first-order valence-electron chi connectivity index (χ1n) is 6.93. The minimum Gasteiger partial charge on any atom is -0.461 e. The molecule has 1 aromatic carbocycles. The van der Waals surface area contributed by atoms with Crippen molar-refractivity contribution < 1.29 is 9.53 Å². The van der Waals surface area contributed by atoms with E-state index in [0.717, 1.165) is 18.4 Å². The van der Waals surface area contributed by atoms with Crippen LogP contribution in [0.1, 0.15) is 56.6 Å². The van der Waals surface area contributed by atoms with Crippen molar-refractivity contribution in [2.75, 3.05) is 0 Å². The van der Waals surface area contributed by atoms with Crippen LogP contribution in [-0.4, -0.2) is 5.97 Å². The first kappa shape index (κ1) is 14.7. The van der Waals surface area contributed by atoms with Crippen LogP contribution in [0.3, 0.4) is 0 Å². The highest BCUT2D eigenvalue weighted by atomic mass is 16.5. The maximum absolute atomic E-state index is 11.5. The van der Waals surface area contributed by atoms with Crippen LogP contribution in [0.15, 0.2) is 24.3 Å². The van der Waals surface area contributed by atoms with Gasteiger partial charge < -0.3 is 4.74 Å². The number of carbonyl (C=O) groups excluding carboxylic acids is 1. The molecular weight excluding hydrogens is 224 g/mol. The average molecular weight is 248 g/mol. The zero-order valence-electron chi connectivity index (χ0n) is 11.6. The van der Waals surface area contributed by atoms with E-state index in [2.05, 4.69) is 6.92 Å². The van der Waals surface area contributed by atoms with Crippen molar-refractivity contribution in [2.45, 2.75) is 59.0 Å². The second kappa shape index (κ2) is 8.73. The number of hydrogen-bond acceptors (Lipinski definition) is 2. The van der Waals surface area contributed by atoms with Gasteiger partial charge in [0.25, 0.3) is 0 Å². The number of esters is 1. The Kier molecular flexibility index (Phi) is 7.16. The van der Waals surface area contributed by atoms with Crippen LogP contribution >= 0.6 is 0 Å². The molecule has 100 valence electrons. The first-order valence-corrected chi connectivity index (χ1v) is 6.93. The fraction of sp³-hybridized carbons (Fsp3) is 0.562. The van der Waals surface area contributed by atoms with Gasteiger partial charge in [0, 0.05) is 6.42 Å².